The number of rotatable bonds is 3. The van der Waals surface area contributed by atoms with Gasteiger partial charge in [0.25, 0.3) is 0 Å². The van der Waals surface area contributed by atoms with Crippen molar-refractivity contribution in [2.24, 2.45) is 0 Å². The molecular weight excluding hydrogens is 215 g/mol. The third kappa shape index (κ3) is 2.11. The van der Waals surface area contributed by atoms with Gasteiger partial charge in [0.1, 0.15) is 17.2 Å². The van der Waals surface area contributed by atoms with E-state index in [2.05, 4.69) is 10.3 Å². The Morgan fingerprint density at radius 2 is 2.25 bits per heavy atom. The molecule has 0 unspecified atom stereocenters. The third-order valence-corrected chi connectivity index (χ3v) is 2.54. The van der Waals surface area contributed by atoms with Crippen LogP contribution in [0.5, 0.6) is 0 Å². The zero-order valence-electron chi connectivity index (χ0n) is 8.35. The summed E-state index contributed by atoms with van der Waals surface area (Å²) in [5, 5.41) is 20.8. The Labute approximate surface area is 90.9 Å². The predicted octanol–water partition coefficient (Wildman–Crippen LogP) is 0.854. The molecule has 0 radical (unpaired) electrons. The second-order valence-corrected chi connectivity index (χ2v) is 3.82. The van der Waals surface area contributed by atoms with Crippen LogP contribution >= 0.6 is 0 Å². The lowest BCUT2D eigenvalue weighted by atomic mass is 9.89. The molecule has 1 aromatic heterocycles. The van der Waals surface area contributed by atoms with E-state index in [1.165, 1.54) is 0 Å². The van der Waals surface area contributed by atoms with Crippen LogP contribution in [0, 0.1) is 5.82 Å². The molecule has 1 heterocycles. The molecule has 1 aliphatic carbocycles. The molecule has 86 valence electrons. The number of hydrogen-bond acceptors (Lipinski definition) is 4. The van der Waals surface area contributed by atoms with Gasteiger partial charge in [-0.05, 0) is 18.9 Å². The molecule has 16 heavy (non-hydrogen) atoms. The number of carbonyl (C=O) groups is 1. The zero-order chi connectivity index (χ0) is 11.7. The highest BCUT2D eigenvalue weighted by atomic mass is 19.1. The second-order valence-electron chi connectivity index (χ2n) is 3.82. The zero-order valence-corrected chi connectivity index (χ0v) is 8.35. The number of pyridine rings is 1. The van der Waals surface area contributed by atoms with Gasteiger partial charge in [-0.3, -0.25) is 0 Å². The fourth-order valence-corrected chi connectivity index (χ4v) is 1.62. The number of hydrogen-bond donors (Lipinski definition) is 3. The SMILES string of the molecule is O=C(O)c1cc(F)cnc1NC1CC(O)C1. The predicted molar refractivity (Wildman–Crippen MR) is 53.8 cm³/mol. The topological polar surface area (TPSA) is 82.5 Å². The normalized spacial score (nSPS) is 23.6. The average Bonchev–Trinajstić information content (AvgIpc) is 2.17. The Balaban J connectivity index is 2.16. The Bertz CT molecular complexity index is 419. The van der Waals surface area contributed by atoms with Crippen molar-refractivity contribution in [3.05, 3.63) is 23.6 Å². The van der Waals surface area contributed by atoms with Crippen molar-refractivity contribution in [2.45, 2.75) is 25.0 Å². The number of anilines is 1. The van der Waals surface area contributed by atoms with Crippen molar-refractivity contribution >= 4 is 11.8 Å². The molecule has 1 fully saturated rings. The van der Waals surface area contributed by atoms with E-state index in [4.69, 9.17) is 10.2 Å². The first-order valence-electron chi connectivity index (χ1n) is 4.89. The minimum Gasteiger partial charge on any atom is -0.478 e. The highest BCUT2D eigenvalue weighted by Crippen LogP contribution is 2.24. The van der Waals surface area contributed by atoms with Crippen LogP contribution in [0.25, 0.3) is 0 Å². The van der Waals surface area contributed by atoms with E-state index in [0.717, 1.165) is 12.3 Å². The maximum atomic E-state index is 12.8. The van der Waals surface area contributed by atoms with Crippen LogP contribution < -0.4 is 5.32 Å². The summed E-state index contributed by atoms with van der Waals surface area (Å²) in [5.41, 5.74) is -0.193. The minimum absolute atomic E-state index is 0.00561. The molecule has 0 atom stereocenters. The molecule has 1 saturated carbocycles. The monoisotopic (exact) mass is 226 g/mol. The molecule has 0 saturated heterocycles. The minimum atomic E-state index is -1.23. The molecule has 1 aliphatic rings. The average molecular weight is 226 g/mol. The summed E-state index contributed by atoms with van der Waals surface area (Å²) in [5.74, 6) is -1.77. The number of carboxylic acid groups (broad SMARTS) is 1. The van der Waals surface area contributed by atoms with Gasteiger partial charge in [0, 0.05) is 6.04 Å². The molecule has 6 heteroatoms. The summed E-state index contributed by atoms with van der Waals surface area (Å²) >= 11 is 0. The van der Waals surface area contributed by atoms with Crippen LogP contribution in [0.15, 0.2) is 12.3 Å². The van der Waals surface area contributed by atoms with Gasteiger partial charge in [-0.15, -0.1) is 0 Å². The summed E-state index contributed by atoms with van der Waals surface area (Å²) in [6.45, 7) is 0. The lowest BCUT2D eigenvalue weighted by molar-refractivity contribution is 0.0696. The Hall–Kier alpha value is -1.69. The van der Waals surface area contributed by atoms with Gasteiger partial charge in [-0.25, -0.2) is 14.2 Å². The largest absolute Gasteiger partial charge is 0.478 e. The van der Waals surface area contributed by atoms with Crippen LogP contribution in [-0.2, 0) is 0 Å². The van der Waals surface area contributed by atoms with E-state index >= 15 is 0 Å². The fraction of sp³-hybridized carbons (Fsp3) is 0.400. The van der Waals surface area contributed by atoms with E-state index in [-0.39, 0.29) is 23.5 Å². The summed E-state index contributed by atoms with van der Waals surface area (Å²) in [7, 11) is 0. The van der Waals surface area contributed by atoms with E-state index in [9.17, 15) is 9.18 Å². The first-order valence-corrected chi connectivity index (χ1v) is 4.89. The lowest BCUT2D eigenvalue weighted by Gasteiger charge is -2.32. The van der Waals surface area contributed by atoms with E-state index in [0.29, 0.717) is 12.8 Å². The molecule has 0 spiro atoms. The van der Waals surface area contributed by atoms with Crippen molar-refractivity contribution in [3.63, 3.8) is 0 Å². The summed E-state index contributed by atoms with van der Waals surface area (Å²) in [6, 6.07) is 0.929. The van der Waals surface area contributed by atoms with Gasteiger partial charge in [0.2, 0.25) is 0 Å². The molecule has 3 N–H and O–H groups in total. The van der Waals surface area contributed by atoms with Gasteiger partial charge >= 0.3 is 5.97 Å². The molecule has 5 nitrogen and oxygen atoms in total. The number of carboxylic acids is 1. The number of halogens is 1. The van der Waals surface area contributed by atoms with Crippen LogP contribution in [0.1, 0.15) is 23.2 Å². The van der Waals surface area contributed by atoms with Crippen molar-refractivity contribution in [1.29, 1.82) is 0 Å². The van der Waals surface area contributed by atoms with Crippen LogP contribution in [0.3, 0.4) is 0 Å². The molecule has 0 aromatic carbocycles. The smallest absolute Gasteiger partial charge is 0.339 e. The van der Waals surface area contributed by atoms with E-state index < -0.39 is 11.8 Å². The van der Waals surface area contributed by atoms with Crippen molar-refractivity contribution < 1.29 is 19.4 Å². The molecule has 2 rings (SSSR count). The van der Waals surface area contributed by atoms with Crippen molar-refractivity contribution in [2.75, 3.05) is 5.32 Å². The van der Waals surface area contributed by atoms with Crippen LogP contribution in [-0.4, -0.2) is 33.3 Å². The summed E-state index contributed by atoms with van der Waals surface area (Å²) in [4.78, 5) is 14.5. The number of nitrogens with one attached hydrogen (secondary N) is 1. The maximum Gasteiger partial charge on any atom is 0.339 e. The molecule has 0 aliphatic heterocycles. The summed E-state index contributed by atoms with van der Waals surface area (Å²) < 4.78 is 12.8. The summed E-state index contributed by atoms with van der Waals surface area (Å²) in [6.07, 6.45) is 1.73. The van der Waals surface area contributed by atoms with E-state index in [1.807, 2.05) is 0 Å². The number of aromatic nitrogens is 1. The molecular formula is C10H11FN2O3. The van der Waals surface area contributed by atoms with Gasteiger partial charge in [0.15, 0.2) is 0 Å². The van der Waals surface area contributed by atoms with Crippen LogP contribution in [0.2, 0.25) is 0 Å². The highest BCUT2D eigenvalue weighted by molar-refractivity contribution is 5.93. The Morgan fingerprint density at radius 3 is 2.81 bits per heavy atom. The van der Waals surface area contributed by atoms with E-state index in [1.54, 1.807) is 0 Å². The fourth-order valence-electron chi connectivity index (χ4n) is 1.62. The number of aliphatic hydroxyl groups excluding tert-OH is 1. The van der Waals surface area contributed by atoms with Gasteiger partial charge < -0.3 is 15.5 Å². The highest BCUT2D eigenvalue weighted by Gasteiger charge is 2.28. The lowest BCUT2D eigenvalue weighted by Crippen LogP contribution is -2.39. The third-order valence-electron chi connectivity index (χ3n) is 2.54. The van der Waals surface area contributed by atoms with Gasteiger partial charge in [-0.1, -0.05) is 0 Å². The second kappa shape index (κ2) is 4.05. The van der Waals surface area contributed by atoms with Crippen LogP contribution in [0.4, 0.5) is 10.2 Å². The van der Waals surface area contributed by atoms with Crippen molar-refractivity contribution in [1.82, 2.24) is 4.98 Å². The quantitative estimate of drug-likeness (QED) is 0.711. The first kappa shape index (κ1) is 10.8. The molecule has 1 aromatic rings. The molecule has 0 bridgehead atoms. The number of nitrogens with zero attached hydrogens (tertiary/aromatic N) is 1. The first-order chi connectivity index (χ1) is 7.56. The number of aliphatic hydroxyl groups is 1. The number of aromatic carboxylic acids is 1. The van der Waals surface area contributed by atoms with Crippen molar-refractivity contribution in [3.8, 4) is 0 Å². The molecule has 0 amide bonds. The Morgan fingerprint density at radius 1 is 1.56 bits per heavy atom. The standard InChI is InChI=1S/C10H11FN2O3/c11-5-1-8(10(15)16)9(12-4-5)13-6-2-7(14)3-6/h1,4,6-7,14H,2-3H2,(H,12,13)(H,15,16). The Kier molecular flexibility index (Phi) is 2.74. The van der Waals surface area contributed by atoms with Gasteiger partial charge in [0.05, 0.1) is 12.3 Å². The maximum absolute atomic E-state index is 12.8. The van der Waals surface area contributed by atoms with Gasteiger partial charge in [-0.2, -0.15) is 0 Å².